The van der Waals surface area contributed by atoms with Crippen LogP contribution in [0.3, 0.4) is 0 Å². The summed E-state index contributed by atoms with van der Waals surface area (Å²) in [6, 6.07) is -0.831. The normalized spacial score (nSPS) is 19.9. The SMILES string of the molecule is CC/C=C\C/C=C\C/C=C\C/C=C\C/C=C\C/C=C\C/C=C\C/C=C\C/C=C\CCCCCCCCCCCCCC(=O)NC(COC1OC(CO)C(O)C(O)C1O)C(O)/C=C/CC/C=C/CCCCCCCCC. The van der Waals surface area contributed by atoms with Crippen LogP contribution in [0.25, 0.3) is 0 Å². The van der Waals surface area contributed by atoms with Crippen molar-refractivity contribution in [3.63, 3.8) is 0 Å². The van der Waals surface area contributed by atoms with Gasteiger partial charge in [-0.15, -0.1) is 0 Å². The quantitative estimate of drug-likeness (QED) is 0.0261. The number of hydrogen-bond donors (Lipinski definition) is 6. The Balaban J connectivity index is 2.15. The lowest BCUT2D eigenvalue weighted by Gasteiger charge is -2.40. The van der Waals surface area contributed by atoms with E-state index in [2.05, 4.69) is 141 Å². The van der Waals surface area contributed by atoms with Gasteiger partial charge in [-0.3, -0.25) is 4.79 Å². The van der Waals surface area contributed by atoms with Crippen LogP contribution in [0.4, 0.5) is 0 Å². The Morgan fingerprint density at radius 1 is 0.467 bits per heavy atom. The lowest BCUT2D eigenvalue weighted by Crippen LogP contribution is -2.60. The molecule has 0 radical (unpaired) electrons. The van der Waals surface area contributed by atoms with Crippen LogP contribution in [-0.4, -0.2) is 87.5 Å². The van der Waals surface area contributed by atoms with Crippen molar-refractivity contribution in [3.8, 4) is 0 Å². The standard InChI is InChI=1S/C66H109NO8/c1-3-5-7-9-11-13-15-17-18-19-20-21-22-23-24-25-26-27-28-29-30-31-32-33-34-35-36-37-38-39-40-41-42-44-46-48-50-52-54-56-62(70)67-59(58-74-66-65(73)64(72)63(71)61(57-68)75-66)60(69)55-53-51-49-47-45-43-16-14-12-10-8-6-4-2/h5,7,11,13,17-18,20-21,23-24,26-27,29-30,32-33,35-36,45,47,53,55,59-61,63-66,68-69,71-73H,3-4,6,8-10,12,14-16,19,22,25,28,31,34,37-44,46,48-52,54,56-58H2,1-2H3,(H,67,70)/b7-5-,13-11-,18-17-,21-20-,24-23-,27-26-,30-29-,33-32-,36-35-,47-45+,55-53+. The van der Waals surface area contributed by atoms with Crippen LogP contribution in [0.5, 0.6) is 0 Å². The molecule has 0 aromatic rings. The molecule has 1 amide bonds. The van der Waals surface area contributed by atoms with Crippen LogP contribution >= 0.6 is 0 Å². The summed E-state index contributed by atoms with van der Waals surface area (Å²) in [6.07, 6.45) is 75.3. The smallest absolute Gasteiger partial charge is 0.220 e. The van der Waals surface area contributed by atoms with E-state index in [-0.39, 0.29) is 12.5 Å². The van der Waals surface area contributed by atoms with Crippen LogP contribution in [0.15, 0.2) is 134 Å². The Bertz CT molecular complexity index is 1640. The largest absolute Gasteiger partial charge is 0.394 e. The van der Waals surface area contributed by atoms with Gasteiger partial charge < -0.3 is 40.3 Å². The molecular formula is C66H109NO8. The van der Waals surface area contributed by atoms with Crippen LogP contribution < -0.4 is 5.32 Å². The first kappa shape index (κ1) is 69.3. The van der Waals surface area contributed by atoms with Crippen LogP contribution in [0.2, 0.25) is 0 Å². The summed E-state index contributed by atoms with van der Waals surface area (Å²) in [5.74, 6) is -0.196. The predicted molar refractivity (Wildman–Crippen MR) is 317 cm³/mol. The van der Waals surface area contributed by atoms with E-state index >= 15 is 0 Å². The second kappa shape index (κ2) is 53.7. The fourth-order valence-corrected chi connectivity index (χ4v) is 8.52. The maximum Gasteiger partial charge on any atom is 0.220 e. The lowest BCUT2D eigenvalue weighted by atomic mass is 9.99. The number of allylic oxidation sites excluding steroid dienone is 21. The van der Waals surface area contributed by atoms with Crippen LogP contribution in [0.1, 0.15) is 219 Å². The maximum atomic E-state index is 13.0. The minimum atomic E-state index is -1.58. The van der Waals surface area contributed by atoms with E-state index in [0.717, 1.165) is 109 Å². The number of carbonyl (C=O) groups is 1. The fourth-order valence-electron chi connectivity index (χ4n) is 8.52. The number of ether oxygens (including phenoxy) is 2. The average Bonchev–Trinajstić information content (AvgIpc) is 3.41. The van der Waals surface area contributed by atoms with Gasteiger partial charge in [-0.05, 0) is 103 Å². The van der Waals surface area contributed by atoms with E-state index < -0.39 is 49.5 Å². The number of hydrogen-bond acceptors (Lipinski definition) is 8. The summed E-state index contributed by atoms with van der Waals surface area (Å²) in [5, 5.41) is 54.4. The zero-order valence-electron chi connectivity index (χ0n) is 47.2. The highest BCUT2D eigenvalue weighted by molar-refractivity contribution is 5.76. The summed E-state index contributed by atoms with van der Waals surface area (Å²) in [7, 11) is 0. The van der Waals surface area contributed by atoms with Crippen molar-refractivity contribution in [3.05, 3.63) is 134 Å². The molecule has 6 N–H and O–H groups in total. The molecule has 0 saturated carbocycles. The minimum absolute atomic E-state index is 0.196. The second-order valence-electron chi connectivity index (χ2n) is 20.0. The molecule has 1 aliphatic heterocycles. The van der Waals surface area contributed by atoms with Crippen molar-refractivity contribution in [2.24, 2.45) is 0 Å². The highest BCUT2D eigenvalue weighted by atomic mass is 16.7. The molecule has 1 fully saturated rings. The highest BCUT2D eigenvalue weighted by Crippen LogP contribution is 2.23. The molecule has 9 heteroatoms. The van der Waals surface area contributed by atoms with Crippen molar-refractivity contribution in [1.82, 2.24) is 5.32 Å². The summed E-state index contributed by atoms with van der Waals surface area (Å²) >= 11 is 0. The van der Waals surface area contributed by atoms with E-state index in [4.69, 9.17) is 9.47 Å². The molecule has 7 unspecified atom stereocenters. The van der Waals surface area contributed by atoms with Gasteiger partial charge in [-0.25, -0.2) is 0 Å². The van der Waals surface area contributed by atoms with E-state index in [0.29, 0.717) is 6.42 Å². The highest BCUT2D eigenvalue weighted by Gasteiger charge is 2.44. The summed E-state index contributed by atoms with van der Waals surface area (Å²) in [4.78, 5) is 13.0. The molecule has 9 nitrogen and oxygen atoms in total. The number of aliphatic hydroxyl groups is 5. The van der Waals surface area contributed by atoms with Crippen LogP contribution in [0, 0.1) is 0 Å². The lowest BCUT2D eigenvalue weighted by molar-refractivity contribution is -0.302. The van der Waals surface area contributed by atoms with E-state index in [1.165, 1.54) is 89.9 Å². The zero-order chi connectivity index (χ0) is 54.3. The van der Waals surface area contributed by atoms with E-state index in [9.17, 15) is 30.3 Å². The van der Waals surface area contributed by atoms with Gasteiger partial charge in [0.05, 0.1) is 25.4 Å². The maximum absolute atomic E-state index is 13.0. The topological polar surface area (TPSA) is 149 Å². The summed E-state index contributed by atoms with van der Waals surface area (Å²) in [6.45, 7) is 3.62. The van der Waals surface area contributed by atoms with Gasteiger partial charge in [0.2, 0.25) is 5.91 Å². The van der Waals surface area contributed by atoms with Gasteiger partial charge >= 0.3 is 0 Å². The molecule has 1 saturated heterocycles. The summed E-state index contributed by atoms with van der Waals surface area (Å²) < 4.78 is 11.2. The van der Waals surface area contributed by atoms with Crippen molar-refractivity contribution >= 4 is 5.91 Å². The zero-order valence-corrected chi connectivity index (χ0v) is 47.2. The Hall–Kier alpha value is -3.67. The van der Waals surface area contributed by atoms with Gasteiger partial charge in [-0.2, -0.15) is 0 Å². The predicted octanol–water partition coefficient (Wildman–Crippen LogP) is 15.3. The fraction of sp³-hybridized carbons (Fsp3) is 0.652. The summed E-state index contributed by atoms with van der Waals surface area (Å²) in [5.41, 5.74) is 0. The molecule has 75 heavy (non-hydrogen) atoms. The van der Waals surface area contributed by atoms with Crippen molar-refractivity contribution in [2.75, 3.05) is 13.2 Å². The first-order chi connectivity index (χ1) is 36.8. The molecule has 0 spiro atoms. The van der Waals surface area contributed by atoms with Crippen LogP contribution in [-0.2, 0) is 14.3 Å². The van der Waals surface area contributed by atoms with E-state index in [1.54, 1.807) is 6.08 Å². The molecule has 1 rings (SSSR count). The van der Waals surface area contributed by atoms with Crippen molar-refractivity contribution in [1.29, 1.82) is 0 Å². The van der Waals surface area contributed by atoms with Gasteiger partial charge in [-0.1, -0.05) is 244 Å². The molecule has 7 atom stereocenters. The third-order valence-electron chi connectivity index (χ3n) is 13.2. The van der Waals surface area contributed by atoms with Gasteiger partial charge in [0.15, 0.2) is 6.29 Å². The first-order valence-corrected chi connectivity index (χ1v) is 29.9. The molecule has 1 heterocycles. The Labute approximate surface area is 458 Å². The molecule has 1 aliphatic rings. The molecule has 0 aromatic heterocycles. The third-order valence-corrected chi connectivity index (χ3v) is 13.2. The molecular weight excluding hydrogens is 935 g/mol. The Morgan fingerprint density at radius 2 is 0.840 bits per heavy atom. The van der Waals surface area contributed by atoms with Gasteiger partial charge in [0.1, 0.15) is 24.4 Å². The van der Waals surface area contributed by atoms with Crippen molar-refractivity contribution in [2.45, 2.75) is 262 Å². The molecule has 0 aromatic carbocycles. The number of aliphatic hydroxyl groups excluding tert-OH is 5. The average molecular weight is 1040 g/mol. The van der Waals surface area contributed by atoms with Crippen molar-refractivity contribution < 1.29 is 39.8 Å². The Kier molecular flexibility index (Phi) is 49.7. The first-order valence-electron chi connectivity index (χ1n) is 29.9. The monoisotopic (exact) mass is 1040 g/mol. The number of nitrogens with one attached hydrogen (secondary N) is 1. The number of carbonyl (C=O) groups excluding carboxylic acids is 1. The number of amides is 1. The molecule has 426 valence electrons. The van der Waals surface area contributed by atoms with Gasteiger partial charge in [0.25, 0.3) is 0 Å². The third kappa shape index (κ3) is 43.1. The van der Waals surface area contributed by atoms with E-state index in [1.807, 2.05) is 6.08 Å². The minimum Gasteiger partial charge on any atom is -0.394 e. The second-order valence-corrected chi connectivity index (χ2v) is 20.0. The Morgan fingerprint density at radius 3 is 1.28 bits per heavy atom. The number of rotatable bonds is 49. The molecule has 0 aliphatic carbocycles. The number of unbranched alkanes of at least 4 members (excludes halogenated alkanes) is 19. The molecule has 0 bridgehead atoms. The van der Waals surface area contributed by atoms with Gasteiger partial charge in [0, 0.05) is 6.42 Å².